The average molecular weight is 314 g/mol. The quantitative estimate of drug-likeness (QED) is 0.804. The Labute approximate surface area is 131 Å². The number of halogens is 1. The molecule has 0 aliphatic carbocycles. The smallest absolute Gasteiger partial charge is 0.342 e. The molecule has 1 aliphatic heterocycles. The van der Waals surface area contributed by atoms with Crippen LogP contribution in [0.1, 0.15) is 56.9 Å². The lowest BCUT2D eigenvalue weighted by Crippen LogP contribution is -2.46. The normalized spacial score (nSPS) is 18.0. The van der Waals surface area contributed by atoms with E-state index in [2.05, 4.69) is 30.8 Å². The first-order valence-corrected chi connectivity index (χ1v) is 7.87. The van der Waals surface area contributed by atoms with Crippen molar-refractivity contribution in [3.05, 3.63) is 16.9 Å². The summed E-state index contributed by atoms with van der Waals surface area (Å²) in [5.74, 6) is -0.402. The second-order valence-electron chi connectivity index (χ2n) is 6.42. The standard InChI is InChI=1S/C15H24ClN3O2/c1-5-21-14(20)12-10-19(17-13(12)16)11-6-8-18(9-7-11)15(2,3)4/h10-11H,5-9H2,1-4H3. The van der Waals surface area contributed by atoms with Gasteiger partial charge in [0.2, 0.25) is 0 Å². The van der Waals surface area contributed by atoms with E-state index < -0.39 is 5.97 Å². The second kappa shape index (κ2) is 6.36. The Hall–Kier alpha value is -1.07. The zero-order chi connectivity index (χ0) is 15.6. The van der Waals surface area contributed by atoms with Crippen molar-refractivity contribution in [1.29, 1.82) is 0 Å². The van der Waals surface area contributed by atoms with Gasteiger partial charge in [-0.15, -0.1) is 0 Å². The molecule has 0 unspecified atom stereocenters. The van der Waals surface area contributed by atoms with Crippen LogP contribution < -0.4 is 0 Å². The average Bonchev–Trinajstić information content (AvgIpc) is 2.80. The Morgan fingerprint density at radius 3 is 2.57 bits per heavy atom. The summed E-state index contributed by atoms with van der Waals surface area (Å²) in [6, 6.07) is 0.296. The van der Waals surface area contributed by atoms with Crippen molar-refractivity contribution in [3.8, 4) is 0 Å². The number of hydrogen-bond acceptors (Lipinski definition) is 4. The number of piperidine rings is 1. The van der Waals surface area contributed by atoms with Crippen LogP contribution in [-0.4, -0.2) is 45.9 Å². The van der Waals surface area contributed by atoms with Gasteiger partial charge in [-0.1, -0.05) is 11.6 Å². The molecule has 21 heavy (non-hydrogen) atoms. The maximum Gasteiger partial charge on any atom is 0.342 e. The predicted octanol–water partition coefficient (Wildman–Crippen LogP) is 3.15. The molecule has 0 N–H and O–H groups in total. The van der Waals surface area contributed by atoms with Crippen LogP contribution in [0.4, 0.5) is 0 Å². The van der Waals surface area contributed by atoms with Gasteiger partial charge >= 0.3 is 5.97 Å². The van der Waals surface area contributed by atoms with E-state index in [1.165, 1.54) is 0 Å². The van der Waals surface area contributed by atoms with E-state index in [-0.39, 0.29) is 10.7 Å². The van der Waals surface area contributed by atoms with Crippen molar-refractivity contribution in [2.45, 2.75) is 52.1 Å². The molecule has 6 heteroatoms. The molecule has 118 valence electrons. The Morgan fingerprint density at radius 1 is 1.43 bits per heavy atom. The van der Waals surface area contributed by atoms with Gasteiger partial charge in [0.1, 0.15) is 5.56 Å². The first-order chi connectivity index (χ1) is 9.82. The van der Waals surface area contributed by atoms with E-state index in [4.69, 9.17) is 16.3 Å². The summed E-state index contributed by atoms with van der Waals surface area (Å²) in [6.45, 7) is 10.9. The molecule has 2 rings (SSSR count). The lowest BCUT2D eigenvalue weighted by molar-refractivity contribution is 0.0526. The number of aromatic nitrogens is 2. The third-order valence-electron chi connectivity index (χ3n) is 3.97. The van der Waals surface area contributed by atoms with E-state index in [0.717, 1.165) is 25.9 Å². The lowest BCUT2D eigenvalue weighted by Gasteiger charge is -2.40. The van der Waals surface area contributed by atoms with E-state index in [1.807, 2.05) is 4.68 Å². The number of carbonyl (C=O) groups is 1. The molecule has 1 saturated heterocycles. The predicted molar refractivity (Wildman–Crippen MR) is 82.8 cm³/mol. The SMILES string of the molecule is CCOC(=O)c1cn(C2CCN(C(C)(C)C)CC2)nc1Cl. The van der Waals surface area contributed by atoms with Gasteiger partial charge in [-0.05, 0) is 40.5 Å². The maximum absolute atomic E-state index is 11.8. The van der Waals surface area contributed by atoms with Crippen LogP contribution in [0.2, 0.25) is 5.15 Å². The Bertz CT molecular complexity index is 500. The first kappa shape index (κ1) is 16.3. The number of esters is 1. The summed E-state index contributed by atoms with van der Waals surface area (Å²) in [5.41, 5.74) is 0.555. The number of rotatable bonds is 3. The van der Waals surface area contributed by atoms with Crippen molar-refractivity contribution in [3.63, 3.8) is 0 Å². The van der Waals surface area contributed by atoms with Gasteiger partial charge in [0, 0.05) is 24.8 Å². The zero-order valence-electron chi connectivity index (χ0n) is 13.2. The number of nitrogens with zero attached hydrogens (tertiary/aromatic N) is 3. The monoisotopic (exact) mass is 313 g/mol. The van der Waals surface area contributed by atoms with Gasteiger partial charge in [0.05, 0.1) is 12.6 Å². The molecule has 0 atom stereocenters. The molecule has 1 aromatic rings. The van der Waals surface area contributed by atoms with E-state index in [9.17, 15) is 4.79 Å². The molecular formula is C15H24ClN3O2. The third-order valence-corrected chi connectivity index (χ3v) is 4.25. The number of hydrogen-bond donors (Lipinski definition) is 0. The van der Waals surface area contributed by atoms with Crippen LogP contribution in [0.25, 0.3) is 0 Å². The highest BCUT2D eigenvalue weighted by atomic mass is 35.5. The fraction of sp³-hybridized carbons (Fsp3) is 0.733. The minimum absolute atomic E-state index is 0.197. The second-order valence-corrected chi connectivity index (χ2v) is 6.78. The van der Waals surface area contributed by atoms with Crippen LogP contribution in [0.3, 0.4) is 0 Å². The van der Waals surface area contributed by atoms with Crippen molar-refractivity contribution in [1.82, 2.24) is 14.7 Å². The Balaban J connectivity index is 2.04. The van der Waals surface area contributed by atoms with Crippen LogP contribution in [0.15, 0.2) is 6.20 Å². The van der Waals surface area contributed by atoms with Crippen molar-refractivity contribution in [2.24, 2.45) is 0 Å². The summed E-state index contributed by atoms with van der Waals surface area (Å²) in [5, 5.41) is 4.52. The van der Waals surface area contributed by atoms with Gasteiger partial charge < -0.3 is 4.74 Å². The molecule has 0 spiro atoms. The van der Waals surface area contributed by atoms with Gasteiger partial charge in [0.25, 0.3) is 0 Å². The zero-order valence-corrected chi connectivity index (χ0v) is 14.0. The van der Waals surface area contributed by atoms with E-state index in [1.54, 1.807) is 13.1 Å². The van der Waals surface area contributed by atoms with Crippen molar-refractivity contribution < 1.29 is 9.53 Å². The number of carbonyl (C=O) groups excluding carboxylic acids is 1. The van der Waals surface area contributed by atoms with Crippen LogP contribution >= 0.6 is 11.6 Å². The summed E-state index contributed by atoms with van der Waals surface area (Å²) in [4.78, 5) is 14.3. The highest BCUT2D eigenvalue weighted by molar-refractivity contribution is 6.32. The van der Waals surface area contributed by atoms with Gasteiger partial charge in [-0.25, -0.2) is 4.79 Å². The number of likely N-dealkylation sites (tertiary alicyclic amines) is 1. The summed E-state index contributed by atoms with van der Waals surface area (Å²) in [7, 11) is 0. The third kappa shape index (κ3) is 3.77. The summed E-state index contributed by atoms with van der Waals surface area (Å²) < 4.78 is 6.81. The van der Waals surface area contributed by atoms with Gasteiger partial charge in [-0.3, -0.25) is 9.58 Å². The van der Waals surface area contributed by atoms with Crippen molar-refractivity contribution in [2.75, 3.05) is 19.7 Å². The minimum atomic E-state index is -0.402. The summed E-state index contributed by atoms with van der Waals surface area (Å²) in [6.07, 6.45) is 3.74. The molecule has 5 nitrogen and oxygen atoms in total. The van der Waals surface area contributed by atoms with E-state index >= 15 is 0 Å². The molecule has 0 bridgehead atoms. The fourth-order valence-electron chi connectivity index (χ4n) is 2.70. The Morgan fingerprint density at radius 2 is 2.05 bits per heavy atom. The highest BCUT2D eigenvalue weighted by Crippen LogP contribution is 2.28. The highest BCUT2D eigenvalue weighted by Gasteiger charge is 2.29. The van der Waals surface area contributed by atoms with Crippen molar-refractivity contribution >= 4 is 17.6 Å². The van der Waals surface area contributed by atoms with Crippen LogP contribution in [-0.2, 0) is 4.74 Å². The molecule has 1 aromatic heterocycles. The molecular weight excluding hydrogens is 290 g/mol. The minimum Gasteiger partial charge on any atom is -0.462 e. The largest absolute Gasteiger partial charge is 0.462 e. The Kier molecular flexibility index (Phi) is 4.94. The van der Waals surface area contributed by atoms with Gasteiger partial charge in [-0.2, -0.15) is 5.10 Å². The first-order valence-electron chi connectivity index (χ1n) is 7.49. The van der Waals surface area contributed by atoms with Gasteiger partial charge in [0.15, 0.2) is 5.15 Å². The lowest BCUT2D eigenvalue weighted by atomic mass is 9.98. The fourth-order valence-corrected chi connectivity index (χ4v) is 2.92. The molecule has 0 saturated carbocycles. The molecule has 1 aliphatic rings. The molecule has 1 fully saturated rings. The molecule has 2 heterocycles. The van der Waals surface area contributed by atoms with E-state index in [0.29, 0.717) is 18.2 Å². The molecule has 0 amide bonds. The number of ether oxygens (including phenoxy) is 1. The van der Waals surface area contributed by atoms with Crippen LogP contribution in [0, 0.1) is 0 Å². The van der Waals surface area contributed by atoms with Crippen LogP contribution in [0.5, 0.6) is 0 Å². The summed E-state index contributed by atoms with van der Waals surface area (Å²) >= 11 is 6.05. The molecule has 0 aromatic carbocycles. The maximum atomic E-state index is 11.8. The molecule has 0 radical (unpaired) electrons. The topological polar surface area (TPSA) is 47.4 Å².